The van der Waals surface area contributed by atoms with Crippen LogP contribution in [0.25, 0.3) is 0 Å². The summed E-state index contributed by atoms with van der Waals surface area (Å²) in [6.45, 7) is 4.94. The van der Waals surface area contributed by atoms with Crippen molar-refractivity contribution in [2.75, 3.05) is 6.54 Å². The van der Waals surface area contributed by atoms with Gasteiger partial charge in [-0.1, -0.05) is 31.2 Å². The molecule has 0 fully saturated rings. The molecule has 0 aliphatic heterocycles. The molecule has 0 aliphatic rings. The van der Waals surface area contributed by atoms with Crippen molar-refractivity contribution in [1.82, 2.24) is 4.98 Å². The molecule has 2 rings (SSSR count). The average Bonchev–Trinajstić information content (AvgIpc) is 2.80. The number of hydrogen-bond donors (Lipinski definition) is 1. The van der Waals surface area contributed by atoms with Crippen LogP contribution in [0, 0.1) is 6.92 Å². The lowest BCUT2D eigenvalue weighted by atomic mass is 10.1. The van der Waals surface area contributed by atoms with Crippen molar-refractivity contribution < 1.29 is 0 Å². The predicted molar refractivity (Wildman–Crippen MR) is 73.6 cm³/mol. The van der Waals surface area contributed by atoms with Gasteiger partial charge in [-0.2, -0.15) is 0 Å². The standard InChI is InChI=1S/C14H18N2S/c1-10-5-3-4-6-12(10)7-13-9-16-14(17-13)11(2)8-15/h3-6,9,11H,7-8,15H2,1-2H3. The fourth-order valence-electron chi connectivity index (χ4n) is 1.73. The third-order valence-corrected chi connectivity index (χ3v) is 4.20. The molecule has 0 bridgehead atoms. The zero-order chi connectivity index (χ0) is 12.3. The van der Waals surface area contributed by atoms with Crippen molar-refractivity contribution in [2.45, 2.75) is 26.2 Å². The molecule has 0 amide bonds. The average molecular weight is 246 g/mol. The van der Waals surface area contributed by atoms with E-state index in [9.17, 15) is 0 Å². The van der Waals surface area contributed by atoms with Crippen LogP contribution in [-0.4, -0.2) is 11.5 Å². The van der Waals surface area contributed by atoms with E-state index in [0.717, 1.165) is 11.4 Å². The highest BCUT2D eigenvalue weighted by atomic mass is 32.1. The summed E-state index contributed by atoms with van der Waals surface area (Å²) in [7, 11) is 0. The van der Waals surface area contributed by atoms with E-state index in [1.165, 1.54) is 16.0 Å². The molecule has 0 saturated carbocycles. The molecule has 2 aromatic rings. The van der Waals surface area contributed by atoms with Gasteiger partial charge in [0.25, 0.3) is 0 Å². The van der Waals surface area contributed by atoms with E-state index < -0.39 is 0 Å². The lowest BCUT2D eigenvalue weighted by molar-refractivity contribution is 0.766. The van der Waals surface area contributed by atoms with Gasteiger partial charge in [-0.05, 0) is 18.1 Å². The van der Waals surface area contributed by atoms with Crippen LogP contribution in [-0.2, 0) is 6.42 Å². The van der Waals surface area contributed by atoms with Crippen LogP contribution in [0.15, 0.2) is 30.5 Å². The van der Waals surface area contributed by atoms with E-state index in [1.807, 2.05) is 6.20 Å². The van der Waals surface area contributed by atoms with Crippen LogP contribution in [0.3, 0.4) is 0 Å². The normalized spacial score (nSPS) is 12.6. The molecule has 0 radical (unpaired) electrons. The van der Waals surface area contributed by atoms with Crippen molar-refractivity contribution in [1.29, 1.82) is 0 Å². The first-order valence-electron chi connectivity index (χ1n) is 5.90. The molecule has 2 nitrogen and oxygen atoms in total. The Balaban J connectivity index is 2.14. The summed E-state index contributed by atoms with van der Waals surface area (Å²) < 4.78 is 0. The third kappa shape index (κ3) is 2.93. The minimum absolute atomic E-state index is 0.366. The molecule has 3 heteroatoms. The first kappa shape index (κ1) is 12.3. The van der Waals surface area contributed by atoms with Crippen molar-refractivity contribution in [3.63, 3.8) is 0 Å². The summed E-state index contributed by atoms with van der Waals surface area (Å²) in [6, 6.07) is 8.50. The van der Waals surface area contributed by atoms with Crippen LogP contribution < -0.4 is 5.73 Å². The Hall–Kier alpha value is -1.19. The highest BCUT2D eigenvalue weighted by Gasteiger charge is 2.09. The molecular formula is C14H18N2S. The van der Waals surface area contributed by atoms with E-state index in [2.05, 4.69) is 43.1 Å². The number of hydrogen-bond acceptors (Lipinski definition) is 3. The Morgan fingerprint density at radius 2 is 2.12 bits per heavy atom. The second-order valence-corrected chi connectivity index (χ2v) is 5.55. The summed E-state index contributed by atoms with van der Waals surface area (Å²) >= 11 is 1.78. The summed E-state index contributed by atoms with van der Waals surface area (Å²) in [6.07, 6.45) is 2.96. The molecule has 17 heavy (non-hydrogen) atoms. The van der Waals surface area contributed by atoms with Gasteiger partial charge in [0.05, 0.1) is 5.01 Å². The third-order valence-electron chi connectivity index (χ3n) is 2.97. The van der Waals surface area contributed by atoms with Gasteiger partial charge in [0.15, 0.2) is 0 Å². The van der Waals surface area contributed by atoms with E-state index in [0.29, 0.717) is 12.5 Å². The number of aromatic nitrogens is 1. The summed E-state index contributed by atoms with van der Waals surface area (Å²) in [5, 5.41) is 1.15. The molecule has 1 atom stereocenters. The van der Waals surface area contributed by atoms with E-state index in [1.54, 1.807) is 11.3 Å². The topological polar surface area (TPSA) is 38.9 Å². The second-order valence-electron chi connectivity index (χ2n) is 4.40. The molecule has 0 spiro atoms. The molecule has 1 aromatic heterocycles. The number of nitrogens with two attached hydrogens (primary N) is 1. The van der Waals surface area contributed by atoms with Gasteiger partial charge in [-0.3, -0.25) is 0 Å². The molecular weight excluding hydrogens is 228 g/mol. The van der Waals surface area contributed by atoms with Crippen molar-refractivity contribution in [2.24, 2.45) is 5.73 Å². The van der Waals surface area contributed by atoms with Crippen LogP contribution in [0.1, 0.15) is 33.9 Å². The van der Waals surface area contributed by atoms with E-state index in [-0.39, 0.29) is 0 Å². The van der Waals surface area contributed by atoms with Crippen LogP contribution in [0.4, 0.5) is 0 Å². The van der Waals surface area contributed by atoms with E-state index in [4.69, 9.17) is 5.73 Å². The smallest absolute Gasteiger partial charge is 0.0968 e. The maximum absolute atomic E-state index is 5.66. The highest BCUT2D eigenvalue weighted by molar-refractivity contribution is 7.11. The van der Waals surface area contributed by atoms with Gasteiger partial charge in [0.1, 0.15) is 0 Å². The maximum Gasteiger partial charge on any atom is 0.0968 e. The summed E-state index contributed by atoms with van der Waals surface area (Å²) in [5.74, 6) is 0.366. The van der Waals surface area contributed by atoms with Gasteiger partial charge in [-0.15, -0.1) is 11.3 Å². The SMILES string of the molecule is Cc1ccccc1Cc1cnc(C(C)CN)s1. The quantitative estimate of drug-likeness (QED) is 0.900. The van der Waals surface area contributed by atoms with Crippen molar-refractivity contribution in [3.8, 4) is 0 Å². The monoisotopic (exact) mass is 246 g/mol. The van der Waals surface area contributed by atoms with Gasteiger partial charge in [0, 0.05) is 30.0 Å². The van der Waals surface area contributed by atoms with Gasteiger partial charge < -0.3 is 5.73 Å². The van der Waals surface area contributed by atoms with Crippen LogP contribution in [0.2, 0.25) is 0 Å². The Morgan fingerprint density at radius 1 is 1.35 bits per heavy atom. The minimum Gasteiger partial charge on any atom is -0.330 e. The molecule has 0 aliphatic carbocycles. The number of thiazole rings is 1. The predicted octanol–water partition coefficient (Wildman–Crippen LogP) is 3.10. The van der Waals surface area contributed by atoms with Gasteiger partial charge >= 0.3 is 0 Å². The molecule has 1 aromatic carbocycles. The zero-order valence-corrected chi connectivity index (χ0v) is 11.1. The van der Waals surface area contributed by atoms with Gasteiger partial charge in [-0.25, -0.2) is 4.98 Å². The lowest BCUT2D eigenvalue weighted by Crippen LogP contribution is -2.08. The molecule has 1 unspecified atom stereocenters. The molecule has 90 valence electrons. The second kappa shape index (κ2) is 5.43. The number of nitrogens with zero attached hydrogens (tertiary/aromatic N) is 1. The van der Waals surface area contributed by atoms with Crippen molar-refractivity contribution >= 4 is 11.3 Å². The van der Waals surface area contributed by atoms with E-state index >= 15 is 0 Å². The Labute approximate surface area is 107 Å². The fourth-order valence-corrected chi connectivity index (χ4v) is 2.73. The maximum atomic E-state index is 5.66. The first-order valence-corrected chi connectivity index (χ1v) is 6.71. The van der Waals surface area contributed by atoms with Crippen LogP contribution in [0.5, 0.6) is 0 Å². The fraction of sp³-hybridized carbons (Fsp3) is 0.357. The minimum atomic E-state index is 0.366. The molecule has 1 heterocycles. The number of rotatable bonds is 4. The molecule has 0 saturated heterocycles. The summed E-state index contributed by atoms with van der Waals surface area (Å²) in [4.78, 5) is 5.77. The van der Waals surface area contributed by atoms with Crippen molar-refractivity contribution in [3.05, 3.63) is 51.5 Å². The number of benzene rings is 1. The largest absolute Gasteiger partial charge is 0.330 e. The number of aryl methyl sites for hydroxylation is 1. The van der Waals surface area contributed by atoms with Gasteiger partial charge in [0.2, 0.25) is 0 Å². The highest BCUT2D eigenvalue weighted by Crippen LogP contribution is 2.23. The van der Waals surface area contributed by atoms with Crippen LogP contribution >= 0.6 is 11.3 Å². The first-order chi connectivity index (χ1) is 8.20. The zero-order valence-electron chi connectivity index (χ0n) is 10.3. The Bertz CT molecular complexity index is 490. The molecule has 2 N–H and O–H groups in total. The lowest BCUT2D eigenvalue weighted by Gasteiger charge is -2.03. The Morgan fingerprint density at radius 3 is 2.82 bits per heavy atom. The summed E-state index contributed by atoms with van der Waals surface area (Å²) in [5.41, 5.74) is 8.38. The Kier molecular flexibility index (Phi) is 3.92.